The second-order valence-corrected chi connectivity index (χ2v) is 5.39. The van der Waals surface area contributed by atoms with Gasteiger partial charge < -0.3 is 5.11 Å². The van der Waals surface area contributed by atoms with E-state index in [1.165, 1.54) is 64.2 Å². The predicted octanol–water partition coefficient (Wildman–Crippen LogP) is 5.07. The van der Waals surface area contributed by atoms with Crippen LogP contribution in [0.15, 0.2) is 0 Å². The van der Waals surface area contributed by atoms with Crippen LogP contribution in [0.4, 0.5) is 0 Å². The second kappa shape index (κ2) is 14.6. The molecule has 0 aliphatic rings. The van der Waals surface area contributed by atoms with Crippen molar-refractivity contribution in [2.45, 2.75) is 96.5 Å². The minimum absolute atomic E-state index is 0.270. The highest BCUT2D eigenvalue weighted by Gasteiger charge is 2.00. The number of hydrogen-bond acceptors (Lipinski definition) is 1. The maximum atomic E-state index is 9.45. The van der Waals surface area contributed by atoms with Gasteiger partial charge in [-0.1, -0.05) is 77.6 Å². The second-order valence-electron chi connectivity index (χ2n) is 5.39. The molecule has 1 N–H and O–H groups in total. The number of aliphatic hydroxyl groups is 1. The molecule has 0 saturated heterocycles. The van der Waals surface area contributed by atoms with Crippen LogP contribution in [0.2, 0.25) is 0 Å². The van der Waals surface area contributed by atoms with Gasteiger partial charge in [0.15, 0.2) is 0 Å². The highest BCUT2D eigenvalue weighted by Crippen LogP contribution is 2.12. The molecule has 1 unspecified atom stereocenters. The summed E-state index contributed by atoms with van der Waals surface area (Å²) in [6, 6.07) is 0. The monoisotopic (exact) mass is 252 g/mol. The first-order valence-electron chi connectivity index (χ1n) is 7.92. The molecule has 0 amide bonds. The van der Waals surface area contributed by atoms with Gasteiger partial charge in [0.05, 0.1) is 6.10 Å². The van der Waals surface area contributed by atoms with Crippen molar-refractivity contribution in [2.75, 3.05) is 0 Å². The average molecular weight is 252 g/mol. The summed E-state index contributed by atoms with van der Waals surface area (Å²) in [5.74, 6) is 2.51. The van der Waals surface area contributed by atoms with Crippen molar-refractivity contribution in [1.29, 1.82) is 0 Å². The fraction of sp³-hybridized carbons (Fsp3) is 0.882. The van der Waals surface area contributed by atoms with E-state index < -0.39 is 0 Å². The lowest BCUT2D eigenvalue weighted by atomic mass is 10.0. The molecular formula is C17H32O. The lowest BCUT2D eigenvalue weighted by molar-refractivity contribution is 0.166. The van der Waals surface area contributed by atoms with Crippen LogP contribution in [0.3, 0.4) is 0 Å². The quantitative estimate of drug-likeness (QED) is 0.358. The maximum Gasteiger partial charge on any atom is 0.0649 e. The van der Waals surface area contributed by atoms with Crippen LogP contribution < -0.4 is 0 Å². The van der Waals surface area contributed by atoms with E-state index in [2.05, 4.69) is 12.8 Å². The van der Waals surface area contributed by atoms with Crippen molar-refractivity contribution in [3.8, 4) is 12.3 Å². The van der Waals surface area contributed by atoms with Gasteiger partial charge in [0.1, 0.15) is 0 Å². The lowest BCUT2D eigenvalue weighted by Gasteiger charge is -2.06. The number of terminal acetylenes is 1. The Balaban J connectivity index is 3.01. The summed E-state index contributed by atoms with van der Waals surface area (Å²) in [5, 5.41) is 9.45. The third-order valence-electron chi connectivity index (χ3n) is 3.49. The molecule has 0 spiro atoms. The van der Waals surface area contributed by atoms with Crippen LogP contribution in [0.5, 0.6) is 0 Å². The van der Waals surface area contributed by atoms with Gasteiger partial charge in [-0.15, -0.1) is 12.3 Å². The van der Waals surface area contributed by atoms with E-state index in [1.807, 2.05) is 0 Å². The predicted molar refractivity (Wildman–Crippen MR) is 80.5 cm³/mol. The van der Waals surface area contributed by atoms with Crippen molar-refractivity contribution in [3.63, 3.8) is 0 Å². The normalized spacial score (nSPS) is 12.3. The summed E-state index contributed by atoms with van der Waals surface area (Å²) in [6.45, 7) is 2.26. The van der Waals surface area contributed by atoms with Crippen LogP contribution in [0.1, 0.15) is 90.4 Å². The van der Waals surface area contributed by atoms with E-state index in [-0.39, 0.29) is 6.10 Å². The Labute approximate surface area is 114 Å². The van der Waals surface area contributed by atoms with E-state index >= 15 is 0 Å². The maximum absolute atomic E-state index is 9.45. The topological polar surface area (TPSA) is 20.2 Å². The Hall–Kier alpha value is -0.480. The standard InChI is InChI=1S/C17H32O/c1-3-5-6-7-8-9-10-11-12-13-14-16-17(18)15-4-2/h2,17-18H,3,5-16H2,1H3. The fourth-order valence-electron chi connectivity index (χ4n) is 2.28. The highest BCUT2D eigenvalue weighted by atomic mass is 16.3. The Morgan fingerprint density at radius 2 is 1.28 bits per heavy atom. The van der Waals surface area contributed by atoms with Gasteiger partial charge in [0, 0.05) is 6.42 Å². The minimum atomic E-state index is -0.270. The Morgan fingerprint density at radius 3 is 1.72 bits per heavy atom. The fourth-order valence-corrected chi connectivity index (χ4v) is 2.28. The largest absolute Gasteiger partial charge is 0.392 e. The highest BCUT2D eigenvalue weighted by molar-refractivity contribution is 4.86. The summed E-state index contributed by atoms with van der Waals surface area (Å²) in [5.41, 5.74) is 0. The molecule has 0 aromatic heterocycles. The van der Waals surface area contributed by atoms with Crippen molar-refractivity contribution in [3.05, 3.63) is 0 Å². The van der Waals surface area contributed by atoms with Gasteiger partial charge in [-0.25, -0.2) is 0 Å². The van der Waals surface area contributed by atoms with E-state index in [4.69, 9.17) is 6.42 Å². The van der Waals surface area contributed by atoms with Crippen LogP contribution in [0.25, 0.3) is 0 Å². The van der Waals surface area contributed by atoms with E-state index in [9.17, 15) is 5.11 Å². The molecule has 0 heterocycles. The summed E-state index contributed by atoms with van der Waals surface area (Å²) in [6.07, 6.45) is 21.1. The molecule has 1 nitrogen and oxygen atoms in total. The van der Waals surface area contributed by atoms with Crippen LogP contribution in [-0.4, -0.2) is 11.2 Å². The lowest BCUT2D eigenvalue weighted by Crippen LogP contribution is -2.04. The summed E-state index contributed by atoms with van der Waals surface area (Å²) in [7, 11) is 0. The zero-order valence-corrected chi connectivity index (χ0v) is 12.3. The van der Waals surface area contributed by atoms with Crippen LogP contribution >= 0.6 is 0 Å². The SMILES string of the molecule is C#CCC(O)CCCCCCCCCCCCC. The van der Waals surface area contributed by atoms with Gasteiger partial charge in [-0.2, -0.15) is 0 Å². The number of hydrogen-bond donors (Lipinski definition) is 1. The average Bonchev–Trinajstić information content (AvgIpc) is 2.36. The first-order chi connectivity index (χ1) is 8.81. The van der Waals surface area contributed by atoms with Gasteiger partial charge in [0.25, 0.3) is 0 Å². The number of unbranched alkanes of at least 4 members (excludes halogenated alkanes) is 10. The number of aliphatic hydroxyl groups excluding tert-OH is 1. The minimum Gasteiger partial charge on any atom is -0.392 e. The van der Waals surface area contributed by atoms with Crippen molar-refractivity contribution >= 4 is 0 Å². The van der Waals surface area contributed by atoms with Gasteiger partial charge >= 0.3 is 0 Å². The molecule has 0 aliphatic carbocycles. The summed E-state index contributed by atoms with van der Waals surface area (Å²) >= 11 is 0. The molecule has 0 aromatic rings. The number of rotatable bonds is 13. The smallest absolute Gasteiger partial charge is 0.0649 e. The van der Waals surface area contributed by atoms with Crippen LogP contribution in [-0.2, 0) is 0 Å². The molecule has 0 fully saturated rings. The van der Waals surface area contributed by atoms with Crippen LogP contribution in [0, 0.1) is 12.3 Å². The molecule has 0 radical (unpaired) electrons. The zero-order valence-electron chi connectivity index (χ0n) is 12.3. The van der Waals surface area contributed by atoms with Crippen molar-refractivity contribution in [1.82, 2.24) is 0 Å². The Kier molecular flexibility index (Phi) is 14.2. The molecule has 1 heteroatoms. The van der Waals surface area contributed by atoms with E-state index in [1.54, 1.807) is 0 Å². The molecule has 0 saturated carbocycles. The summed E-state index contributed by atoms with van der Waals surface area (Å²) in [4.78, 5) is 0. The molecule has 0 aliphatic heterocycles. The van der Waals surface area contributed by atoms with E-state index in [0.717, 1.165) is 12.8 Å². The third kappa shape index (κ3) is 13.6. The summed E-state index contributed by atoms with van der Waals surface area (Å²) < 4.78 is 0. The first kappa shape index (κ1) is 17.5. The Bertz CT molecular complexity index is 192. The molecule has 0 rings (SSSR count). The third-order valence-corrected chi connectivity index (χ3v) is 3.49. The van der Waals surface area contributed by atoms with Gasteiger partial charge in [0.2, 0.25) is 0 Å². The molecule has 106 valence electrons. The zero-order chi connectivity index (χ0) is 13.5. The molecule has 0 bridgehead atoms. The molecule has 18 heavy (non-hydrogen) atoms. The van der Waals surface area contributed by atoms with Crippen molar-refractivity contribution in [2.24, 2.45) is 0 Å². The van der Waals surface area contributed by atoms with Gasteiger partial charge in [-0.05, 0) is 6.42 Å². The van der Waals surface area contributed by atoms with Crippen molar-refractivity contribution < 1.29 is 5.11 Å². The Morgan fingerprint density at radius 1 is 0.833 bits per heavy atom. The molecule has 0 aromatic carbocycles. The first-order valence-corrected chi connectivity index (χ1v) is 7.92. The molecule has 1 atom stereocenters. The molecular weight excluding hydrogens is 220 g/mol. The van der Waals surface area contributed by atoms with Gasteiger partial charge in [-0.3, -0.25) is 0 Å². The van der Waals surface area contributed by atoms with E-state index in [0.29, 0.717) is 6.42 Å².